The van der Waals surface area contributed by atoms with Crippen molar-refractivity contribution in [1.82, 2.24) is 0 Å². The lowest BCUT2D eigenvalue weighted by atomic mass is 9.77. The lowest BCUT2D eigenvalue weighted by Gasteiger charge is -2.26. The van der Waals surface area contributed by atoms with Crippen molar-refractivity contribution in [3.63, 3.8) is 0 Å². The van der Waals surface area contributed by atoms with Gasteiger partial charge in [-0.05, 0) is 30.4 Å². The van der Waals surface area contributed by atoms with Crippen molar-refractivity contribution in [1.29, 1.82) is 0 Å². The van der Waals surface area contributed by atoms with Gasteiger partial charge in [0.1, 0.15) is 0 Å². The van der Waals surface area contributed by atoms with E-state index in [4.69, 9.17) is 0 Å². The van der Waals surface area contributed by atoms with Crippen molar-refractivity contribution in [3.05, 3.63) is 29.8 Å². The fourth-order valence-electron chi connectivity index (χ4n) is 3.20. The van der Waals surface area contributed by atoms with E-state index in [0.717, 1.165) is 5.75 Å². The average Bonchev–Trinajstić information content (AvgIpc) is 2.93. The number of rotatable bonds is 3. The zero-order valence-electron chi connectivity index (χ0n) is 10.9. The predicted molar refractivity (Wildman–Crippen MR) is 77.9 cm³/mol. The third kappa shape index (κ3) is 2.35. The van der Waals surface area contributed by atoms with E-state index in [2.05, 4.69) is 0 Å². The first kappa shape index (κ1) is 13.9. The van der Waals surface area contributed by atoms with Crippen LogP contribution in [0.3, 0.4) is 0 Å². The molecule has 2 atom stereocenters. The third-order valence-electron chi connectivity index (χ3n) is 4.28. The Morgan fingerprint density at radius 1 is 1.40 bits per heavy atom. The topological polar surface area (TPSA) is 71.4 Å². The van der Waals surface area contributed by atoms with E-state index in [1.807, 2.05) is 24.3 Å². The van der Waals surface area contributed by atoms with Crippen LogP contribution in [0.2, 0.25) is 0 Å². The first-order valence-corrected chi connectivity index (χ1v) is 9.38. The number of aliphatic carboxylic acids is 1. The molecule has 0 bridgehead atoms. The van der Waals surface area contributed by atoms with Crippen LogP contribution < -0.4 is 0 Å². The van der Waals surface area contributed by atoms with Gasteiger partial charge in [0.05, 0.1) is 16.9 Å². The molecule has 0 amide bonds. The van der Waals surface area contributed by atoms with Gasteiger partial charge in [0, 0.05) is 10.6 Å². The quantitative estimate of drug-likeness (QED) is 0.926. The van der Waals surface area contributed by atoms with Gasteiger partial charge in [-0.1, -0.05) is 18.2 Å². The van der Waals surface area contributed by atoms with Crippen LogP contribution >= 0.6 is 11.8 Å². The second kappa shape index (κ2) is 4.77. The minimum atomic E-state index is -3.21. The number of hydrogen-bond acceptors (Lipinski definition) is 4. The highest BCUT2D eigenvalue weighted by molar-refractivity contribution is 7.99. The zero-order chi connectivity index (χ0) is 14.4. The minimum Gasteiger partial charge on any atom is -0.481 e. The highest BCUT2D eigenvalue weighted by Crippen LogP contribution is 2.48. The Labute approximate surface area is 122 Å². The van der Waals surface area contributed by atoms with Crippen LogP contribution in [0.4, 0.5) is 0 Å². The van der Waals surface area contributed by atoms with Crippen molar-refractivity contribution in [2.45, 2.75) is 23.7 Å². The second-order valence-corrected chi connectivity index (χ2v) is 8.92. The van der Waals surface area contributed by atoms with Gasteiger partial charge in [0.25, 0.3) is 0 Å². The number of sulfone groups is 1. The van der Waals surface area contributed by atoms with E-state index in [0.29, 0.717) is 6.42 Å². The van der Waals surface area contributed by atoms with Crippen molar-refractivity contribution in [3.8, 4) is 0 Å². The number of hydrogen-bond donors (Lipinski definition) is 1. The van der Waals surface area contributed by atoms with Crippen LogP contribution in [-0.4, -0.2) is 36.8 Å². The maximum absolute atomic E-state index is 11.7. The standard InChI is InChI=1S/C14H16O4S2/c15-13(16)14(5-6-20(17,18)9-14)7-10-8-19-12-4-2-1-3-11(10)12/h1-4,10H,5-9H2,(H,15,16). The molecule has 4 nitrogen and oxygen atoms in total. The molecule has 0 spiro atoms. The van der Waals surface area contributed by atoms with Gasteiger partial charge < -0.3 is 5.11 Å². The monoisotopic (exact) mass is 312 g/mol. The number of fused-ring (bicyclic) bond motifs is 1. The molecule has 20 heavy (non-hydrogen) atoms. The molecule has 1 N–H and O–H groups in total. The molecule has 0 aromatic heterocycles. The molecule has 2 aliphatic rings. The summed E-state index contributed by atoms with van der Waals surface area (Å²) >= 11 is 1.73. The highest BCUT2D eigenvalue weighted by atomic mass is 32.2. The first-order valence-electron chi connectivity index (χ1n) is 6.57. The van der Waals surface area contributed by atoms with Crippen molar-refractivity contribution in [2.24, 2.45) is 5.41 Å². The van der Waals surface area contributed by atoms with Gasteiger partial charge in [-0.3, -0.25) is 4.79 Å². The van der Waals surface area contributed by atoms with Crippen LogP contribution in [0, 0.1) is 5.41 Å². The summed E-state index contributed by atoms with van der Waals surface area (Å²) in [6, 6.07) is 8.00. The lowest BCUT2D eigenvalue weighted by molar-refractivity contribution is -0.148. The Bertz CT molecular complexity index is 653. The van der Waals surface area contributed by atoms with E-state index in [1.165, 1.54) is 10.5 Å². The summed E-state index contributed by atoms with van der Waals surface area (Å²) < 4.78 is 23.4. The zero-order valence-corrected chi connectivity index (χ0v) is 12.5. The van der Waals surface area contributed by atoms with Crippen LogP contribution in [0.25, 0.3) is 0 Å². The lowest BCUT2D eigenvalue weighted by Crippen LogP contribution is -2.34. The van der Waals surface area contributed by atoms with Crippen LogP contribution in [-0.2, 0) is 14.6 Å². The Kier molecular flexibility index (Phi) is 3.33. The number of thioether (sulfide) groups is 1. The molecule has 2 heterocycles. The second-order valence-electron chi connectivity index (χ2n) is 5.68. The van der Waals surface area contributed by atoms with Gasteiger partial charge in [-0.25, -0.2) is 8.42 Å². The number of carboxylic acids is 1. The van der Waals surface area contributed by atoms with Gasteiger partial charge in [-0.2, -0.15) is 0 Å². The summed E-state index contributed by atoms with van der Waals surface area (Å²) in [5.74, 6) is -0.193. The Balaban J connectivity index is 1.88. The molecular weight excluding hydrogens is 296 g/mol. The fourth-order valence-corrected chi connectivity index (χ4v) is 6.53. The average molecular weight is 312 g/mol. The van der Waals surface area contributed by atoms with E-state index < -0.39 is 21.2 Å². The molecule has 1 aromatic carbocycles. The molecule has 0 radical (unpaired) electrons. The van der Waals surface area contributed by atoms with Gasteiger partial charge >= 0.3 is 5.97 Å². The van der Waals surface area contributed by atoms with E-state index in [1.54, 1.807) is 11.8 Å². The van der Waals surface area contributed by atoms with Crippen molar-refractivity contribution >= 4 is 27.6 Å². The SMILES string of the molecule is O=C(O)C1(CC2CSc3ccccc32)CCS(=O)(=O)C1. The third-order valence-corrected chi connectivity index (χ3v) is 7.35. The summed E-state index contributed by atoms with van der Waals surface area (Å²) in [5, 5.41) is 9.53. The number of carboxylic acid groups (broad SMARTS) is 1. The van der Waals surface area contributed by atoms with Gasteiger partial charge in [0.15, 0.2) is 9.84 Å². The van der Waals surface area contributed by atoms with E-state index in [-0.39, 0.29) is 23.8 Å². The van der Waals surface area contributed by atoms with Gasteiger partial charge in [-0.15, -0.1) is 11.8 Å². The van der Waals surface area contributed by atoms with Crippen molar-refractivity contribution in [2.75, 3.05) is 17.3 Å². The normalized spacial score (nSPS) is 31.1. The summed E-state index contributed by atoms with van der Waals surface area (Å²) in [6.07, 6.45) is 0.666. The maximum Gasteiger partial charge on any atom is 0.310 e. The Morgan fingerprint density at radius 3 is 2.80 bits per heavy atom. The molecule has 3 rings (SSSR count). The maximum atomic E-state index is 11.7. The largest absolute Gasteiger partial charge is 0.481 e. The van der Waals surface area contributed by atoms with Gasteiger partial charge in [0.2, 0.25) is 0 Å². The Hall–Kier alpha value is -1.01. The highest BCUT2D eigenvalue weighted by Gasteiger charge is 2.50. The molecule has 0 aliphatic carbocycles. The summed E-state index contributed by atoms with van der Waals surface area (Å²) in [6.45, 7) is 0. The number of carbonyl (C=O) groups is 1. The molecule has 108 valence electrons. The van der Waals surface area contributed by atoms with E-state index >= 15 is 0 Å². The molecule has 6 heteroatoms. The number of benzene rings is 1. The molecule has 1 aromatic rings. The molecule has 0 saturated carbocycles. The van der Waals surface area contributed by atoms with Crippen LogP contribution in [0.5, 0.6) is 0 Å². The summed E-state index contributed by atoms with van der Waals surface area (Å²) in [7, 11) is -3.21. The fraction of sp³-hybridized carbons (Fsp3) is 0.500. The molecule has 1 fully saturated rings. The Morgan fingerprint density at radius 2 is 2.15 bits per heavy atom. The van der Waals surface area contributed by atoms with E-state index in [9.17, 15) is 18.3 Å². The summed E-state index contributed by atoms with van der Waals surface area (Å²) in [5.41, 5.74) is 0.0732. The summed E-state index contributed by atoms with van der Waals surface area (Å²) in [4.78, 5) is 12.8. The smallest absolute Gasteiger partial charge is 0.310 e. The van der Waals surface area contributed by atoms with Crippen molar-refractivity contribution < 1.29 is 18.3 Å². The minimum absolute atomic E-state index is 0.000803. The molecule has 2 unspecified atom stereocenters. The predicted octanol–water partition coefficient (Wildman–Crippen LogP) is 2.16. The molecule has 1 saturated heterocycles. The molecular formula is C14H16O4S2. The molecule has 2 aliphatic heterocycles. The first-order chi connectivity index (χ1) is 9.42. The van der Waals surface area contributed by atoms with Crippen LogP contribution in [0.15, 0.2) is 29.2 Å². The van der Waals surface area contributed by atoms with Crippen LogP contribution in [0.1, 0.15) is 24.3 Å².